The molecule has 0 heterocycles. The van der Waals surface area contributed by atoms with Crippen LogP contribution in [0.4, 0.5) is 5.69 Å². The Morgan fingerprint density at radius 2 is 1.47 bits per heavy atom. The molecule has 17 heavy (non-hydrogen) atoms. The number of ether oxygens (including phenoxy) is 2. The number of hydrogen-bond donors (Lipinski definition) is 1. The molecule has 0 fully saturated rings. The van der Waals surface area contributed by atoms with Gasteiger partial charge in [-0.05, 0) is 23.8 Å². The Bertz CT molecular complexity index is 501. The summed E-state index contributed by atoms with van der Waals surface area (Å²) in [6, 6.07) is 13.4. The van der Waals surface area contributed by atoms with E-state index in [4.69, 9.17) is 15.2 Å². The number of nitrogen functional groups attached to an aromatic ring is 1. The minimum Gasteiger partial charge on any atom is -0.497 e. The van der Waals surface area contributed by atoms with Crippen molar-refractivity contribution in [1.82, 2.24) is 0 Å². The van der Waals surface area contributed by atoms with Crippen molar-refractivity contribution in [3.05, 3.63) is 42.5 Å². The Morgan fingerprint density at radius 1 is 0.882 bits per heavy atom. The number of benzene rings is 2. The summed E-state index contributed by atoms with van der Waals surface area (Å²) < 4.78 is 10.5. The summed E-state index contributed by atoms with van der Waals surface area (Å²) in [5.74, 6) is 1.50. The number of nitrogens with two attached hydrogens (primary N) is 1. The average molecular weight is 229 g/mol. The fourth-order valence-electron chi connectivity index (χ4n) is 1.72. The van der Waals surface area contributed by atoms with E-state index in [0.717, 1.165) is 28.3 Å². The first-order chi connectivity index (χ1) is 8.24. The van der Waals surface area contributed by atoms with Crippen LogP contribution in [0.25, 0.3) is 11.1 Å². The van der Waals surface area contributed by atoms with Crippen LogP contribution in [0.2, 0.25) is 0 Å². The van der Waals surface area contributed by atoms with Gasteiger partial charge < -0.3 is 15.2 Å². The Morgan fingerprint density at radius 3 is 2.00 bits per heavy atom. The first-order valence-corrected chi connectivity index (χ1v) is 5.32. The maximum Gasteiger partial charge on any atom is 0.123 e. The molecule has 88 valence electrons. The van der Waals surface area contributed by atoms with E-state index in [1.165, 1.54) is 0 Å². The highest BCUT2D eigenvalue weighted by Crippen LogP contribution is 2.32. The normalized spacial score (nSPS) is 10.0. The quantitative estimate of drug-likeness (QED) is 0.823. The van der Waals surface area contributed by atoms with Gasteiger partial charge in [-0.2, -0.15) is 0 Å². The molecular formula is C14H15NO2. The van der Waals surface area contributed by atoms with E-state index in [2.05, 4.69) is 0 Å². The smallest absolute Gasteiger partial charge is 0.123 e. The van der Waals surface area contributed by atoms with Gasteiger partial charge in [0.05, 0.1) is 14.2 Å². The lowest BCUT2D eigenvalue weighted by molar-refractivity contribution is 0.394. The Hall–Kier alpha value is -2.16. The standard InChI is InChI=1S/C14H15NO2/c1-16-11-7-10(8-12(9-11)17-2)13-5-3-4-6-14(13)15/h3-9H,15H2,1-2H3. The van der Waals surface area contributed by atoms with Crippen molar-refractivity contribution in [2.24, 2.45) is 0 Å². The van der Waals surface area contributed by atoms with Crippen molar-refractivity contribution in [1.29, 1.82) is 0 Å². The lowest BCUT2D eigenvalue weighted by Crippen LogP contribution is -1.92. The molecule has 0 aliphatic heterocycles. The minimum absolute atomic E-state index is 0.739. The van der Waals surface area contributed by atoms with Crippen LogP contribution in [-0.2, 0) is 0 Å². The van der Waals surface area contributed by atoms with Crippen LogP contribution in [0.1, 0.15) is 0 Å². The fraction of sp³-hybridized carbons (Fsp3) is 0.143. The number of anilines is 1. The first kappa shape index (κ1) is 11.3. The molecule has 0 spiro atoms. The Kier molecular flexibility index (Phi) is 3.19. The monoisotopic (exact) mass is 229 g/mol. The molecule has 0 amide bonds. The molecule has 0 atom stereocenters. The molecule has 3 nitrogen and oxygen atoms in total. The zero-order valence-corrected chi connectivity index (χ0v) is 9.94. The second-order valence-corrected chi connectivity index (χ2v) is 3.69. The summed E-state index contributed by atoms with van der Waals surface area (Å²) in [4.78, 5) is 0. The topological polar surface area (TPSA) is 44.5 Å². The van der Waals surface area contributed by atoms with Crippen LogP contribution in [-0.4, -0.2) is 14.2 Å². The van der Waals surface area contributed by atoms with Gasteiger partial charge >= 0.3 is 0 Å². The molecule has 0 unspecified atom stereocenters. The van der Waals surface area contributed by atoms with Crippen LogP contribution in [0.15, 0.2) is 42.5 Å². The molecule has 0 bridgehead atoms. The summed E-state index contributed by atoms with van der Waals surface area (Å²) in [7, 11) is 3.26. The fourth-order valence-corrected chi connectivity index (χ4v) is 1.72. The molecule has 0 aliphatic rings. The highest BCUT2D eigenvalue weighted by molar-refractivity contribution is 5.77. The van der Waals surface area contributed by atoms with E-state index in [0.29, 0.717) is 0 Å². The van der Waals surface area contributed by atoms with Gasteiger partial charge in [-0.1, -0.05) is 18.2 Å². The van der Waals surface area contributed by atoms with Crippen molar-refractivity contribution >= 4 is 5.69 Å². The van der Waals surface area contributed by atoms with E-state index < -0.39 is 0 Å². The third kappa shape index (κ3) is 2.33. The SMILES string of the molecule is COc1cc(OC)cc(-c2ccccc2N)c1. The molecular weight excluding hydrogens is 214 g/mol. The van der Waals surface area contributed by atoms with E-state index in [1.54, 1.807) is 14.2 Å². The van der Waals surface area contributed by atoms with Crippen LogP contribution < -0.4 is 15.2 Å². The van der Waals surface area contributed by atoms with Gasteiger partial charge in [0.2, 0.25) is 0 Å². The summed E-state index contributed by atoms with van der Waals surface area (Å²) in [6.07, 6.45) is 0. The second-order valence-electron chi connectivity index (χ2n) is 3.69. The second kappa shape index (κ2) is 4.78. The maximum absolute atomic E-state index is 5.95. The molecule has 2 rings (SSSR count). The van der Waals surface area contributed by atoms with Gasteiger partial charge in [-0.25, -0.2) is 0 Å². The van der Waals surface area contributed by atoms with Gasteiger partial charge in [-0.15, -0.1) is 0 Å². The summed E-state index contributed by atoms with van der Waals surface area (Å²) in [5, 5.41) is 0. The third-order valence-corrected chi connectivity index (χ3v) is 2.62. The number of rotatable bonds is 3. The predicted molar refractivity (Wildman–Crippen MR) is 69.4 cm³/mol. The summed E-state index contributed by atoms with van der Waals surface area (Å²) >= 11 is 0. The molecule has 3 heteroatoms. The van der Waals surface area contributed by atoms with Crippen LogP contribution in [0.5, 0.6) is 11.5 Å². The minimum atomic E-state index is 0.739. The van der Waals surface area contributed by atoms with Gasteiger partial charge in [0, 0.05) is 17.3 Å². The van der Waals surface area contributed by atoms with Crippen molar-refractivity contribution in [2.45, 2.75) is 0 Å². The summed E-state index contributed by atoms with van der Waals surface area (Å²) in [6.45, 7) is 0. The van der Waals surface area contributed by atoms with Crippen LogP contribution >= 0.6 is 0 Å². The average Bonchev–Trinajstić information content (AvgIpc) is 2.38. The molecule has 2 aromatic rings. The highest BCUT2D eigenvalue weighted by Gasteiger charge is 2.06. The molecule has 0 saturated carbocycles. The zero-order chi connectivity index (χ0) is 12.3. The Balaban J connectivity index is 2.55. The van der Waals surface area contributed by atoms with E-state index in [-0.39, 0.29) is 0 Å². The maximum atomic E-state index is 5.95. The first-order valence-electron chi connectivity index (χ1n) is 5.32. The van der Waals surface area contributed by atoms with Crippen LogP contribution in [0, 0.1) is 0 Å². The Labute approximate surface area is 101 Å². The van der Waals surface area contributed by atoms with Crippen LogP contribution in [0.3, 0.4) is 0 Å². The molecule has 0 saturated heterocycles. The highest BCUT2D eigenvalue weighted by atomic mass is 16.5. The van der Waals surface area contributed by atoms with E-state index in [1.807, 2.05) is 42.5 Å². The number of hydrogen-bond acceptors (Lipinski definition) is 3. The van der Waals surface area contributed by atoms with Gasteiger partial charge in [-0.3, -0.25) is 0 Å². The molecule has 2 N–H and O–H groups in total. The molecule has 2 aromatic carbocycles. The lowest BCUT2D eigenvalue weighted by Gasteiger charge is -2.10. The van der Waals surface area contributed by atoms with Crippen molar-refractivity contribution in [2.75, 3.05) is 20.0 Å². The molecule has 0 aliphatic carbocycles. The van der Waals surface area contributed by atoms with E-state index in [9.17, 15) is 0 Å². The molecule has 0 radical (unpaired) electrons. The summed E-state index contributed by atoms with van der Waals surface area (Å²) in [5.41, 5.74) is 8.65. The predicted octanol–water partition coefficient (Wildman–Crippen LogP) is 2.95. The van der Waals surface area contributed by atoms with Crippen molar-refractivity contribution in [3.63, 3.8) is 0 Å². The van der Waals surface area contributed by atoms with Crippen molar-refractivity contribution in [3.8, 4) is 22.6 Å². The largest absolute Gasteiger partial charge is 0.497 e. The lowest BCUT2D eigenvalue weighted by atomic mass is 10.0. The van der Waals surface area contributed by atoms with E-state index >= 15 is 0 Å². The van der Waals surface area contributed by atoms with Gasteiger partial charge in [0.1, 0.15) is 11.5 Å². The number of para-hydroxylation sites is 1. The van der Waals surface area contributed by atoms with Gasteiger partial charge in [0.25, 0.3) is 0 Å². The van der Waals surface area contributed by atoms with Gasteiger partial charge in [0.15, 0.2) is 0 Å². The number of methoxy groups -OCH3 is 2. The zero-order valence-electron chi connectivity index (χ0n) is 9.94. The van der Waals surface area contributed by atoms with Crippen molar-refractivity contribution < 1.29 is 9.47 Å². The third-order valence-electron chi connectivity index (χ3n) is 2.62. The molecule has 0 aromatic heterocycles.